The van der Waals surface area contributed by atoms with Gasteiger partial charge in [-0.1, -0.05) is 19.4 Å². The van der Waals surface area contributed by atoms with Gasteiger partial charge in [0, 0.05) is 25.2 Å². The number of H-pyrrole nitrogens is 1. The summed E-state index contributed by atoms with van der Waals surface area (Å²) >= 11 is 0. The largest absolute Gasteiger partial charge is 0.333 e. The van der Waals surface area contributed by atoms with Gasteiger partial charge in [-0.3, -0.25) is 9.59 Å². The van der Waals surface area contributed by atoms with E-state index in [0.717, 1.165) is 25.8 Å². The highest BCUT2D eigenvalue weighted by Gasteiger charge is 2.30. The minimum atomic E-state index is -0.251. The Bertz CT molecular complexity index is 497. The van der Waals surface area contributed by atoms with Crippen molar-refractivity contribution in [3.63, 3.8) is 0 Å². The molecule has 0 aliphatic carbocycles. The van der Waals surface area contributed by atoms with Gasteiger partial charge in [-0.15, -0.1) is 0 Å². The summed E-state index contributed by atoms with van der Waals surface area (Å²) in [7, 11) is 0. The van der Waals surface area contributed by atoms with Crippen LogP contribution in [0.4, 0.5) is 0 Å². The molecule has 2 heterocycles. The van der Waals surface area contributed by atoms with E-state index in [-0.39, 0.29) is 17.5 Å². The fourth-order valence-corrected chi connectivity index (χ4v) is 2.72. The Morgan fingerprint density at radius 1 is 1.53 bits per heavy atom. The summed E-state index contributed by atoms with van der Waals surface area (Å²) in [5.74, 6) is 0.523. The monoisotopic (exact) mass is 263 g/mol. The summed E-state index contributed by atoms with van der Waals surface area (Å²) in [6.45, 7) is 3.36. The number of piperidine rings is 1. The maximum absolute atomic E-state index is 12.4. The molecular weight excluding hydrogens is 242 g/mol. The van der Waals surface area contributed by atoms with Gasteiger partial charge in [-0.25, -0.2) is 0 Å². The second-order valence-corrected chi connectivity index (χ2v) is 5.12. The van der Waals surface area contributed by atoms with E-state index in [1.165, 1.54) is 6.07 Å². The van der Waals surface area contributed by atoms with Gasteiger partial charge in [0.2, 0.25) is 5.56 Å². The van der Waals surface area contributed by atoms with Crippen molar-refractivity contribution in [3.05, 3.63) is 34.2 Å². The topological polar surface area (TPSA) is 79.2 Å². The second kappa shape index (κ2) is 6.02. The van der Waals surface area contributed by atoms with Crippen LogP contribution >= 0.6 is 0 Å². The molecule has 3 N–H and O–H groups in total. The zero-order valence-electron chi connectivity index (χ0n) is 11.3. The number of aromatic amines is 1. The summed E-state index contributed by atoms with van der Waals surface area (Å²) in [5.41, 5.74) is 5.89. The summed E-state index contributed by atoms with van der Waals surface area (Å²) in [6, 6.07) is 4.72. The third-order valence-corrected chi connectivity index (χ3v) is 3.93. The predicted molar refractivity (Wildman–Crippen MR) is 74.0 cm³/mol. The average molecular weight is 263 g/mol. The molecule has 1 saturated heterocycles. The SMILES string of the molecule is CCC1CCN(C(=O)c2cccc(=O)[nH]2)C(CN)C1. The predicted octanol–water partition coefficient (Wildman–Crippen LogP) is 0.964. The molecule has 5 heteroatoms. The molecule has 1 amide bonds. The van der Waals surface area contributed by atoms with Crippen molar-refractivity contribution < 1.29 is 4.79 Å². The summed E-state index contributed by atoms with van der Waals surface area (Å²) in [5, 5.41) is 0. The van der Waals surface area contributed by atoms with Crippen LogP contribution in [0.3, 0.4) is 0 Å². The molecule has 0 aromatic carbocycles. The number of hydrogen-bond donors (Lipinski definition) is 2. The highest BCUT2D eigenvalue weighted by Crippen LogP contribution is 2.25. The fraction of sp³-hybridized carbons (Fsp3) is 0.571. The average Bonchev–Trinajstić information content (AvgIpc) is 2.45. The van der Waals surface area contributed by atoms with Crippen LogP contribution < -0.4 is 11.3 Å². The van der Waals surface area contributed by atoms with Crippen LogP contribution in [0.1, 0.15) is 36.7 Å². The van der Waals surface area contributed by atoms with Crippen LogP contribution in [0.2, 0.25) is 0 Å². The Morgan fingerprint density at radius 3 is 2.95 bits per heavy atom. The number of pyridine rings is 1. The molecule has 104 valence electrons. The lowest BCUT2D eigenvalue weighted by Gasteiger charge is -2.38. The van der Waals surface area contributed by atoms with Crippen molar-refractivity contribution in [2.24, 2.45) is 11.7 Å². The Kier molecular flexibility index (Phi) is 4.37. The fourth-order valence-electron chi connectivity index (χ4n) is 2.72. The van der Waals surface area contributed by atoms with E-state index in [1.807, 2.05) is 0 Å². The van der Waals surface area contributed by atoms with Gasteiger partial charge in [0.05, 0.1) is 0 Å². The number of nitrogens with one attached hydrogen (secondary N) is 1. The molecule has 0 radical (unpaired) electrons. The number of aromatic nitrogens is 1. The van der Waals surface area contributed by atoms with Gasteiger partial charge in [0.15, 0.2) is 0 Å². The van der Waals surface area contributed by atoms with E-state index in [2.05, 4.69) is 11.9 Å². The van der Waals surface area contributed by atoms with Crippen molar-refractivity contribution in [1.82, 2.24) is 9.88 Å². The minimum Gasteiger partial charge on any atom is -0.333 e. The first-order chi connectivity index (χ1) is 9.15. The number of hydrogen-bond acceptors (Lipinski definition) is 3. The molecule has 1 aliphatic rings. The standard InChI is InChI=1S/C14H21N3O2/c1-2-10-6-7-17(11(8-10)9-15)14(19)12-4-3-5-13(18)16-12/h3-5,10-11H,2,6-9,15H2,1H3,(H,16,18). The Labute approximate surface area is 112 Å². The quantitative estimate of drug-likeness (QED) is 0.852. The second-order valence-electron chi connectivity index (χ2n) is 5.12. The highest BCUT2D eigenvalue weighted by molar-refractivity contribution is 5.92. The lowest BCUT2D eigenvalue weighted by atomic mass is 9.88. The number of amides is 1. The smallest absolute Gasteiger partial charge is 0.270 e. The van der Waals surface area contributed by atoms with Crippen LogP contribution in [-0.2, 0) is 0 Å². The Morgan fingerprint density at radius 2 is 2.32 bits per heavy atom. The zero-order chi connectivity index (χ0) is 13.8. The normalized spacial score (nSPS) is 23.4. The van der Waals surface area contributed by atoms with Gasteiger partial charge in [-0.2, -0.15) is 0 Å². The van der Waals surface area contributed by atoms with Gasteiger partial charge in [0.25, 0.3) is 5.91 Å². The summed E-state index contributed by atoms with van der Waals surface area (Å²) < 4.78 is 0. The van der Waals surface area contributed by atoms with Crippen molar-refractivity contribution in [1.29, 1.82) is 0 Å². The van der Waals surface area contributed by atoms with E-state index in [1.54, 1.807) is 17.0 Å². The third kappa shape index (κ3) is 3.04. The molecular formula is C14H21N3O2. The van der Waals surface area contributed by atoms with E-state index >= 15 is 0 Å². The van der Waals surface area contributed by atoms with Crippen LogP contribution in [0, 0.1) is 5.92 Å². The molecule has 1 aliphatic heterocycles. The molecule has 0 spiro atoms. The molecule has 0 saturated carbocycles. The number of nitrogens with two attached hydrogens (primary N) is 1. The molecule has 1 fully saturated rings. The lowest BCUT2D eigenvalue weighted by molar-refractivity contribution is 0.0552. The van der Waals surface area contributed by atoms with Crippen molar-refractivity contribution in [3.8, 4) is 0 Å². The lowest BCUT2D eigenvalue weighted by Crippen LogP contribution is -2.49. The molecule has 5 nitrogen and oxygen atoms in total. The molecule has 2 atom stereocenters. The van der Waals surface area contributed by atoms with Gasteiger partial charge >= 0.3 is 0 Å². The van der Waals surface area contributed by atoms with E-state index < -0.39 is 0 Å². The molecule has 1 aromatic heterocycles. The number of likely N-dealkylation sites (tertiary alicyclic amines) is 1. The van der Waals surface area contributed by atoms with Gasteiger partial charge in [0.1, 0.15) is 5.69 Å². The van der Waals surface area contributed by atoms with Crippen molar-refractivity contribution >= 4 is 5.91 Å². The number of carbonyl (C=O) groups is 1. The molecule has 19 heavy (non-hydrogen) atoms. The first kappa shape index (κ1) is 13.8. The molecule has 1 aromatic rings. The van der Waals surface area contributed by atoms with Gasteiger partial charge < -0.3 is 15.6 Å². The van der Waals surface area contributed by atoms with Crippen molar-refractivity contribution in [2.45, 2.75) is 32.2 Å². The molecule has 2 rings (SSSR count). The maximum atomic E-state index is 12.4. The van der Waals surface area contributed by atoms with Crippen LogP contribution in [0.25, 0.3) is 0 Å². The first-order valence-corrected chi connectivity index (χ1v) is 6.86. The third-order valence-electron chi connectivity index (χ3n) is 3.93. The van der Waals surface area contributed by atoms with E-state index in [4.69, 9.17) is 5.73 Å². The van der Waals surface area contributed by atoms with E-state index in [0.29, 0.717) is 18.2 Å². The zero-order valence-corrected chi connectivity index (χ0v) is 11.3. The Balaban J connectivity index is 2.16. The van der Waals surface area contributed by atoms with Gasteiger partial charge in [-0.05, 0) is 24.8 Å². The van der Waals surface area contributed by atoms with Crippen LogP contribution in [0.15, 0.2) is 23.0 Å². The summed E-state index contributed by atoms with van der Waals surface area (Å²) in [4.78, 5) is 28.1. The first-order valence-electron chi connectivity index (χ1n) is 6.86. The highest BCUT2D eigenvalue weighted by atomic mass is 16.2. The number of carbonyl (C=O) groups excluding carboxylic acids is 1. The van der Waals surface area contributed by atoms with Crippen LogP contribution in [0.5, 0.6) is 0 Å². The Hall–Kier alpha value is -1.62. The van der Waals surface area contributed by atoms with E-state index in [9.17, 15) is 9.59 Å². The molecule has 2 unspecified atom stereocenters. The number of nitrogens with zero attached hydrogens (tertiary/aromatic N) is 1. The summed E-state index contributed by atoms with van der Waals surface area (Å²) in [6.07, 6.45) is 3.09. The minimum absolute atomic E-state index is 0.0786. The van der Waals surface area contributed by atoms with Crippen molar-refractivity contribution in [2.75, 3.05) is 13.1 Å². The maximum Gasteiger partial charge on any atom is 0.270 e. The number of rotatable bonds is 3. The van der Waals surface area contributed by atoms with Crippen LogP contribution in [-0.4, -0.2) is 34.9 Å². The molecule has 0 bridgehead atoms.